The molecule has 7 heteroatoms. The number of benzene rings is 1. The van der Waals surface area contributed by atoms with E-state index < -0.39 is 17.3 Å². The van der Waals surface area contributed by atoms with Crippen molar-refractivity contribution in [2.75, 3.05) is 20.2 Å². The molecule has 102 valence electrons. The molecule has 0 aromatic heterocycles. The highest BCUT2D eigenvalue weighted by Gasteiger charge is 2.39. The van der Waals surface area contributed by atoms with Crippen LogP contribution in [0.15, 0.2) is 18.2 Å². The smallest absolute Gasteiger partial charge is 0.419 e. The summed E-state index contributed by atoms with van der Waals surface area (Å²) in [5.41, 5.74) is 4.95. The van der Waals surface area contributed by atoms with Gasteiger partial charge in [-0.05, 0) is 17.7 Å². The molecular weight excluding hydrogens is 269 g/mol. The summed E-state index contributed by atoms with van der Waals surface area (Å²) in [5.74, 6) is -0.183. The largest absolute Gasteiger partial charge is 0.496 e. The fraction of sp³-hybridized carbons (Fsp3) is 0.455. The van der Waals surface area contributed by atoms with E-state index in [9.17, 15) is 13.2 Å². The van der Waals surface area contributed by atoms with Crippen LogP contribution in [0.25, 0.3) is 0 Å². The third-order valence-electron chi connectivity index (χ3n) is 2.96. The second-order valence-electron chi connectivity index (χ2n) is 4.17. The zero-order valence-electron chi connectivity index (χ0n) is 9.67. The van der Waals surface area contributed by atoms with E-state index in [1.165, 1.54) is 13.2 Å². The van der Waals surface area contributed by atoms with Gasteiger partial charge in [-0.3, -0.25) is 0 Å². The molecular formula is C11H14ClF3N2O. The molecule has 0 radical (unpaired) electrons. The molecule has 1 aliphatic heterocycles. The first-order chi connectivity index (χ1) is 7.87. The van der Waals surface area contributed by atoms with Gasteiger partial charge < -0.3 is 15.8 Å². The van der Waals surface area contributed by atoms with E-state index in [0.717, 1.165) is 6.07 Å². The van der Waals surface area contributed by atoms with Crippen molar-refractivity contribution in [3.8, 4) is 5.75 Å². The standard InChI is InChI=1S/C11H13F3N2O.ClH/c1-17-9-3-2-7(10(15)5-16-6-10)4-8(9)11(12,13)14;/h2-4,16H,5-6,15H2,1H3;1H. The van der Waals surface area contributed by atoms with E-state index in [2.05, 4.69) is 5.32 Å². The average Bonchev–Trinajstić information content (AvgIpc) is 2.24. The van der Waals surface area contributed by atoms with Crippen LogP contribution >= 0.6 is 12.4 Å². The maximum atomic E-state index is 12.8. The molecule has 18 heavy (non-hydrogen) atoms. The summed E-state index contributed by atoms with van der Waals surface area (Å²) in [6, 6.07) is 3.96. The van der Waals surface area contributed by atoms with Crippen molar-refractivity contribution < 1.29 is 17.9 Å². The molecule has 1 heterocycles. The molecule has 3 nitrogen and oxygen atoms in total. The Kier molecular flexibility index (Phi) is 4.15. The first kappa shape index (κ1) is 15.1. The first-order valence-electron chi connectivity index (χ1n) is 5.12. The van der Waals surface area contributed by atoms with Gasteiger partial charge in [-0.2, -0.15) is 13.2 Å². The molecule has 0 aliphatic carbocycles. The van der Waals surface area contributed by atoms with Crippen molar-refractivity contribution in [3.05, 3.63) is 29.3 Å². The van der Waals surface area contributed by atoms with Gasteiger partial charge in [-0.1, -0.05) is 6.07 Å². The van der Waals surface area contributed by atoms with Gasteiger partial charge in [0.1, 0.15) is 5.75 Å². The molecule has 1 aromatic rings. The summed E-state index contributed by atoms with van der Waals surface area (Å²) in [7, 11) is 1.22. The number of nitrogens with one attached hydrogen (secondary N) is 1. The molecule has 0 atom stereocenters. The first-order valence-corrected chi connectivity index (χ1v) is 5.12. The molecule has 0 bridgehead atoms. The lowest BCUT2D eigenvalue weighted by Gasteiger charge is -2.39. The SMILES string of the molecule is COc1ccc(C2(N)CNC2)cc1C(F)(F)F.Cl. The molecule has 2 rings (SSSR count). The summed E-state index contributed by atoms with van der Waals surface area (Å²) in [4.78, 5) is 0. The number of hydrogen-bond donors (Lipinski definition) is 2. The van der Waals surface area contributed by atoms with E-state index in [1.54, 1.807) is 6.07 Å². The van der Waals surface area contributed by atoms with E-state index in [4.69, 9.17) is 10.5 Å². The Morgan fingerprint density at radius 1 is 1.33 bits per heavy atom. The van der Waals surface area contributed by atoms with Gasteiger partial charge >= 0.3 is 6.18 Å². The lowest BCUT2D eigenvalue weighted by Crippen LogP contribution is -2.62. The van der Waals surface area contributed by atoms with Crippen molar-refractivity contribution in [2.24, 2.45) is 5.73 Å². The van der Waals surface area contributed by atoms with E-state index in [1.807, 2.05) is 0 Å². The Hall–Kier alpha value is -0.980. The quantitative estimate of drug-likeness (QED) is 0.871. The van der Waals surface area contributed by atoms with Crippen LogP contribution < -0.4 is 15.8 Å². The third kappa shape index (κ3) is 2.55. The number of rotatable bonds is 2. The number of hydrogen-bond acceptors (Lipinski definition) is 3. The molecule has 1 aromatic carbocycles. The maximum absolute atomic E-state index is 12.8. The van der Waals surface area contributed by atoms with Gasteiger partial charge in [0.15, 0.2) is 0 Å². The summed E-state index contributed by atoms with van der Waals surface area (Å²) in [6.07, 6.45) is -4.44. The average molecular weight is 283 g/mol. The van der Waals surface area contributed by atoms with Gasteiger partial charge in [-0.15, -0.1) is 12.4 Å². The number of nitrogens with two attached hydrogens (primary N) is 1. The predicted molar refractivity (Wildman–Crippen MR) is 64.0 cm³/mol. The zero-order chi connectivity index (χ0) is 12.7. The van der Waals surface area contributed by atoms with Crippen LogP contribution in [0.3, 0.4) is 0 Å². The van der Waals surface area contributed by atoms with Gasteiger partial charge in [0.05, 0.1) is 18.2 Å². The second kappa shape index (κ2) is 4.95. The molecule has 0 saturated carbocycles. The van der Waals surface area contributed by atoms with Crippen LogP contribution in [0.1, 0.15) is 11.1 Å². The lowest BCUT2D eigenvalue weighted by molar-refractivity contribution is -0.138. The highest BCUT2D eigenvalue weighted by atomic mass is 35.5. The van der Waals surface area contributed by atoms with E-state index in [0.29, 0.717) is 18.7 Å². The van der Waals surface area contributed by atoms with Crippen molar-refractivity contribution >= 4 is 12.4 Å². The normalized spacial score (nSPS) is 17.6. The minimum Gasteiger partial charge on any atom is -0.496 e. The van der Waals surface area contributed by atoms with Crippen LogP contribution in [0.5, 0.6) is 5.75 Å². The number of halogens is 4. The van der Waals surface area contributed by atoms with Crippen LogP contribution in [0.2, 0.25) is 0 Å². The highest BCUT2D eigenvalue weighted by molar-refractivity contribution is 5.85. The van der Waals surface area contributed by atoms with Crippen LogP contribution in [0.4, 0.5) is 13.2 Å². The summed E-state index contributed by atoms with van der Waals surface area (Å²) < 4.78 is 43.1. The fourth-order valence-corrected chi connectivity index (χ4v) is 1.84. The Balaban J connectivity index is 0.00000162. The summed E-state index contributed by atoms with van der Waals surface area (Å²) in [6.45, 7) is 0.966. The van der Waals surface area contributed by atoms with Crippen LogP contribution in [-0.4, -0.2) is 20.2 Å². The van der Waals surface area contributed by atoms with E-state index >= 15 is 0 Å². The Morgan fingerprint density at radius 3 is 2.33 bits per heavy atom. The van der Waals surface area contributed by atoms with Crippen molar-refractivity contribution in [1.82, 2.24) is 5.32 Å². The summed E-state index contributed by atoms with van der Waals surface area (Å²) >= 11 is 0. The number of ether oxygens (including phenoxy) is 1. The predicted octanol–water partition coefficient (Wildman–Crippen LogP) is 1.89. The molecule has 1 aliphatic rings. The lowest BCUT2D eigenvalue weighted by atomic mass is 9.84. The number of methoxy groups -OCH3 is 1. The zero-order valence-corrected chi connectivity index (χ0v) is 10.5. The van der Waals surface area contributed by atoms with Crippen molar-refractivity contribution in [3.63, 3.8) is 0 Å². The van der Waals surface area contributed by atoms with E-state index in [-0.39, 0.29) is 18.2 Å². The number of alkyl halides is 3. The molecule has 0 unspecified atom stereocenters. The van der Waals surface area contributed by atoms with Gasteiger partial charge in [0.25, 0.3) is 0 Å². The fourth-order valence-electron chi connectivity index (χ4n) is 1.84. The Labute approximate surface area is 109 Å². The van der Waals surface area contributed by atoms with Gasteiger partial charge in [0.2, 0.25) is 0 Å². The van der Waals surface area contributed by atoms with Gasteiger partial charge in [0, 0.05) is 13.1 Å². The molecule has 1 saturated heterocycles. The second-order valence-corrected chi connectivity index (χ2v) is 4.17. The van der Waals surface area contributed by atoms with Crippen molar-refractivity contribution in [2.45, 2.75) is 11.7 Å². The molecule has 3 N–H and O–H groups in total. The van der Waals surface area contributed by atoms with Crippen LogP contribution in [0, 0.1) is 0 Å². The topological polar surface area (TPSA) is 47.3 Å². The minimum absolute atomic E-state index is 0. The highest BCUT2D eigenvalue weighted by Crippen LogP contribution is 2.38. The van der Waals surface area contributed by atoms with Crippen LogP contribution in [-0.2, 0) is 11.7 Å². The third-order valence-corrected chi connectivity index (χ3v) is 2.96. The molecule has 0 amide bonds. The molecule has 1 fully saturated rings. The monoisotopic (exact) mass is 282 g/mol. The maximum Gasteiger partial charge on any atom is 0.419 e. The summed E-state index contributed by atoms with van der Waals surface area (Å²) in [5, 5.41) is 2.95. The van der Waals surface area contributed by atoms with Crippen molar-refractivity contribution in [1.29, 1.82) is 0 Å². The Morgan fingerprint density at radius 2 is 1.94 bits per heavy atom. The van der Waals surface area contributed by atoms with Gasteiger partial charge in [-0.25, -0.2) is 0 Å². The minimum atomic E-state index is -4.44. The Bertz CT molecular complexity index is 433. The molecule has 0 spiro atoms.